The van der Waals surface area contributed by atoms with Gasteiger partial charge < -0.3 is 19.5 Å². The third-order valence-corrected chi connectivity index (χ3v) is 3.75. The Labute approximate surface area is 136 Å². The Morgan fingerprint density at radius 3 is 2.61 bits per heavy atom. The van der Waals surface area contributed by atoms with Crippen LogP contribution in [0.15, 0.2) is 18.2 Å². The third-order valence-electron chi connectivity index (χ3n) is 3.75. The quantitative estimate of drug-likeness (QED) is 0.777. The van der Waals surface area contributed by atoms with Crippen molar-refractivity contribution in [2.45, 2.75) is 38.6 Å². The molecule has 0 aromatic heterocycles. The molecule has 1 fully saturated rings. The van der Waals surface area contributed by atoms with Crippen LogP contribution in [-0.4, -0.2) is 38.2 Å². The zero-order valence-electron chi connectivity index (χ0n) is 13.6. The number of amides is 1. The van der Waals surface area contributed by atoms with Crippen LogP contribution >= 0.6 is 0 Å². The number of ether oxygens (including phenoxy) is 3. The summed E-state index contributed by atoms with van der Waals surface area (Å²) in [5, 5.41) is 2.86. The minimum atomic E-state index is -0.589. The van der Waals surface area contributed by atoms with Crippen LogP contribution in [0.1, 0.15) is 31.2 Å². The van der Waals surface area contributed by atoms with Gasteiger partial charge in [0.15, 0.2) is 24.7 Å². The van der Waals surface area contributed by atoms with E-state index in [1.165, 1.54) is 7.11 Å². The molecule has 0 aliphatic heterocycles. The molecule has 1 aromatic rings. The van der Waals surface area contributed by atoms with Crippen molar-refractivity contribution in [1.82, 2.24) is 5.32 Å². The van der Waals surface area contributed by atoms with Gasteiger partial charge in [0.05, 0.1) is 7.11 Å². The monoisotopic (exact) mass is 321 g/mol. The summed E-state index contributed by atoms with van der Waals surface area (Å²) >= 11 is 0. The van der Waals surface area contributed by atoms with Gasteiger partial charge in [-0.1, -0.05) is 18.9 Å². The number of hydrogen-bond acceptors (Lipinski definition) is 5. The van der Waals surface area contributed by atoms with Crippen molar-refractivity contribution < 1.29 is 23.8 Å². The van der Waals surface area contributed by atoms with Crippen molar-refractivity contribution >= 4 is 11.9 Å². The number of carbonyl (C=O) groups is 2. The van der Waals surface area contributed by atoms with Gasteiger partial charge in [-0.3, -0.25) is 4.79 Å². The molecule has 0 saturated heterocycles. The van der Waals surface area contributed by atoms with Gasteiger partial charge >= 0.3 is 5.97 Å². The first-order chi connectivity index (χ1) is 11.1. The van der Waals surface area contributed by atoms with Crippen molar-refractivity contribution in [1.29, 1.82) is 0 Å². The lowest BCUT2D eigenvalue weighted by Gasteiger charge is -2.13. The van der Waals surface area contributed by atoms with Gasteiger partial charge in [0.25, 0.3) is 5.91 Å². The largest absolute Gasteiger partial charge is 0.493 e. The van der Waals surface area contributed by atoms with E-state index in [1.54, 1.807) is 6.07 Å². The number of aryl methyl sites for hydroxylation is 1. The molecule has 1 amide bonds. The summed E-state index contributed by atoms with van der Waals surface area (Å²) in [5.74, 6) is 0.162. The molecule has 1 N–H and O–H groups in total. The van der Waals surface area contributed by atoms with Gasteiger partial charge in [-0.15, -0.1) is 0 Å². The molecular weight excluding hydrogens is 298 g/mol. The maximum Gasteiger partial charge on any atom is 0.344 e. The Bertz CT molecular complexity index is 552. The molecule has 6 nitrogen and oxygen atoms in total. The molecule has 1 aliphatic rings. The predicted molar refractivity (Wildman–Crippen MR) is 84.6 cm³/mol. The molecule has 1 saturated carbocycles. The summed E-state index contributed by atoms with van der Waals surface area (Å²) in [6.07, 6.45) is 4.26. The first-order valence-electron chi connectivity index (χ1n) is 7.81. The Morgan fingerprint density at radius 2 is 1.91 bits per heavy atom. The first kappa shape index (κ1) is 17.1. The predicted octanol–water partition coefficient (Wildman–Crippen LogP) is 1.98. The fourth-order valence-electron chi connectivity index (χ4n) is 2.56. The van der Waals surface area contributed by atoms with E-state index >= 15 is 0 Å². The molecule has 0 bridgehead atoms. The summed E-state index contributed by atoms with van der Waals surface area (Å²) in [6, 6.07) is 5.62. The molecule has 0 heterocycles. The summed E-state index contributed by atoms with van der Waals surface area (Å²) in [6.45, 7) is 1.39. The highest BCUT2D eigenvalue weighted by atomic mass is 16.6. The standard InChI is InChI=1S/C17H23NO5/c1-12-7-8-14(15(9-12)21-2)22-11-17(20)23-10-16(19)18-13-5-3-4-6-13/h7-9,13H,3-6,10-11H2,1-2H3,(H,18,19). The number of nitrogens with one attached hydrogen (secondary N) is 1. The second-order valence-electron chi connectivity index (χ2n) is 5.65. The van der Waals surface area contributed by atoms with E-state index < -0.39 is 5.97 Å². The zero-order chi connectivity index (χ0) is 16.7. The van der Waals surface area contributed by atoms with Gasteiger partial charge in [-0.05, 0) is 37.5 Å². The Kier molecular flexibility index (Phi) is 6.26. The highest BCUT2D eigenvalue weighted by Gasteiger charge is 2.18. The smallest absolute Gasteiger partial charge is 0.344 e. The maximum absolute atomic E-state index is 11.7. The summed E-state index contributed by atoms with van der Waals surface area (Å²) < 4.78 is 15.5. The second kappa shape index (κ2) is 8.41. The summed E-state index contributed by atoms with van der Waals surface area (Å²) in [4.78, 5) is 23.3. The van der Waals surface area contributed by atoms with Crippen LogP contribution in [0.2, 0.25) is 0 Å². The number of methoxy groups -OCH3 is 1. The van der Waals surface area contributed by atoms with E-state index in [-0.39, 0.29) is 25.2 Å². The van der Waals surface area contributed by atoms with Gasteiger partial charge in [-0.25, -0.2) is 4.79 Å². The zero-order valence-corrected chi connectivity index (χ0v) is 13.6. The Balaban J connectivity index is 1.71. The fraction of sp³-hybridized carbons (Fsp3) is 0.529. The third kappa shape index (κ3) is 5.47. The lowest BCUT2D eigenvalue weighted by molar-refractivity contribution is -0.150. The molecule has 0 radical (unpaired) electrons. The van der Waals surface area contributed by atoms with Crippen molar-refractivity contribution in [2.24, 2.45) is 0 Å². The highest BCUT2D eigenvalue weighted by molar-refractivity contribution is 5.81. The van der Waals surface area contributed by atoms with Crippen molar-refractivity contribution in [3.63, 3.8) is 0 Å². The lowest BCUT2D eigenvalue weighted by Crippen LogP contribution is -2.36. The SMILES string of the molecule is COc1cc(C)ccc1OCC(=O)OCC(=O)NC1CCCC1. The fourth-order valence-corrected chi connectivity index (χ4v) is 2.56. The lowest BCUT2D eigenvalue weighted by atomic mass is 10.2. The maximum atomic E-state index is 11.7. The average molecular weight is 321 g/mol. The van der Waals surface area contributed by atoms with Crippen molar-refractivity contribution in [3.8, 4) is 11.5 Å². The number of esters is 1. The molecule has 6 heteroatoms. The number of carbonyl (C=O) groups excluding carboxylic acids is 2. The highest BCUT2D eigenvalue weighted by Crippen LogP contribution is 2.27. The van der Waals surface area contributed by atoms with Crippen LogP contribution < -0.4 is 14.8 Å². The van der Waals surface area contributed by atoms with E-state index in [0.717, 1.165) is 31.2 Å². The Morgan fingerprint density at radius 1 is 1.17 bits per heavy atom. The van der Waals surface area contributed by atoms with Crippen LogP contribution in [0.3, 0.4) is 0 Å². The van der Waals surface area contributed by atoms with Crippen LogP contribution in [0.25, 0.3) is 0 Å². The molecular formula is C17H23NO5. The van der Waals surface area contributed by atoms with Crippen LogP contribution in [0, 0.1) is 6.92 Å². The van der Waals surface area contributed by atoms with Gasteiger partial charge in [0, 0.05) is 6.04 Å². The van der Waals surface area contributed by atoms with Crippen LogP contribution in [0.4, 0.5) is 0 Å². The van der Waals surface area contributed by atoms with Crippen molar-refractivity contribution in [3.05, 3.63) is 23.8 Å². The molecule has 2 rings (SSSR count). The summed E-state index contributed by atoms with van der Waals surface area (Å²) in [5.41, 5.74) is 1.03. The van der Waals surface area contributed by atoms with Gasteiger partial charge in [-0.2, -0.15) is 0 Å². The van der Waals surface area contributed by atoms with E-state index in [2.05, 4.69) is 5.32 Å². The first-order valence-corrected chi connectivity index (χ1v) is 7.81. The molecule has 126 valence electrons. The topological polar surface area (TPSA) is 73.9 Å². The number of rotatable bonds is 7. The van der Waals surface area contributed by atoms with E-state index in [1.807, 2.05) is 19.1 Å². The minimum absolute atomic E-state index is 0.217. The number of hydrogen-bond donors (Lipinski definition) is 1. The molecule has 23 heavy (non-hydrogen) atoms. The van der Waals surface area contributed by atoms with E-state index in [9.17, 15) is 9.59 Å². The normalized spacial score (nSPS) is 14.3. The minimum Gasteiger partial charge on any atom is -0.493 e. The summed E-state index contributed by atoms with van der Waals surface area (Å²) in [7, 11) is 1.54. The molecule has 0 atom stereocenters. The van der Waals surface area contributed by atoms with Gasteiger partial charge in [0.1, 0.15) is 0 Å². The second-order valence-corrected chi connectivity index (χ2v) is 5.65. The molecule has 1 aliphatic carbocycles. The van der Waals surface area contributed by atoms with E-state index in [4.69, 9.17) is 14.2 Å². The van der Waals surface area contributed by atoms with Crippen LogP contribution in [0.5, 0.6) is 11.5 Å². The molecule has 0 spiro atoms. The molecule has 0 unspecified atom stereocenters. The Hall–Kier alpha value is -2.24. The van der Waals surface area contributed by atoms with E-state index in [0.29, 0.717) is 11.5 Å². The molecule has 1 aromatic carbocycles. The van der Waals surface area contributed by atoms with Crippen LogP contribution in [-0.2, 0) is 14.3 Å². The van der Waals surface area contributed by atoms with Crippen molar-refractivity contribution in [2.75, 3.05) is 20.3 Å². The van der Waals surface area contributed by atoms with Gasteiger partial charge in [0.2, 0.25) is 0 Å². The number of benzene rings is 1. The average Bonchev–Trinajstić information content (AvgIpc) is 3.04.